The summed E-state index contributed by atoms with van der Waals surface area (Å²) < 4.78 is 0. The van der Waals surface area contributed by atoms with Crippen LogP contribution in [0.15, 0.2) is 59.7 Å². The third-order valence-corrected chi connectivity index (χ3v) is 5.02. The first-order valence-electron chi connectivity index (χ1n) is 10.0. The van der Waals surface area contributed by atoms with Crippen LogP contribution in [0.2, 0.25) is 5.02 Å². The van der Waals surface area contributed by atoms with Gasteiger partial charge in [0, 0.05) is 27.1 Å². The van der Waals surface area contributed by atoms with Crippen molar-refractivity contribution in [3.63, 3.8) is 0 Å². The molecule has 0 radical (unpaired) electrons. The number of anilines is 1. The molecular formula is C23H27ClN6O. The second-order valence-corrected chi connectivity index (χ2v) is 7.63. The molecule has 1 aromatic heterocycles. The number of carbonyl (C=O) groups is 1. The largest absolute Gasteiger partial charge is 0.356 e. The number of halogens is 1. The van der Waals surface area contributed by atoms with E-state index in [1.165, 1.54) is 0 Å². The zero-order valence-electron chi connectivity index (χ0n) is 17.9. The summed E-state index contributed by atoms with van der Waals surface area (Å²) >= 11 is 6.17. The smallest absolute Gasteiger partial charge is 0.226 e. The molecule has 0 aliphatic heterocycles. The average molecular weight is 439 g/mol. The van der Waals surface area contributed by atoms with Gasteiger partial charge < -0.3 is 20.5 Å². The molecule has 0 spiro atoms. The van der Waals surface area contributed by atoms with Crippen molar-refractivity contribution < 1.29 is 4.79 Å². The highest BCUT2D eigenvalue weighted by Gasteiger charge is 2.11. The summed E-state index contributed by atoms with van der Waals surface area (Å²) in [4.78, 5) is 26.3. The second kappa shape index (κ2) is 10.6. The summed E-state index contributed by atoms with van der Waals surface area (Å²) in [5.41, 5.74) is 3.72. The Morgan fingerprint density at radius 3 is 2.71 bits per heavy atom. The molecular weight excluding hydrogens is 412 g/mol. The van der Waals surface area contributed by atoms with Gasteiger partial charge in [-0.2, -0.15) is 0 Å². The molecule has 0 aliphatic rings. The van der Waals surface area contributed by atoms with Crippen molar-refractivity contribution in [1.82, 2.24) is 20.2 Å². The van der Waals surface area contributed by atoms with Crippen molar-refractivity contribution in [3.8, 4) is 11.3 Å². The monoisotopic (exact) mass is 438 g/mol. The van der Waals surface area contributed by atoms with Gasteiger partial charge in [-0.25, -0.2) is 4.98 Å². The van der Waals surface area contributed by atoms with Crippen molar-refractivity contribution in [2.24, 2.45) is 4.99 Å². The quantitative estimate of drug-likeness (QED) is 0.383. The van der Waals surface area contributed by atoms with Crippen LogP contribution in [0.5, 0.6) is 0 Å². The van der Waals surface area contributed by atoms with E-state index in [1.54, 1.807) is 7.05 Å². The number of nitrogens with one attached hydrogen (secondary N) is 3. The van der Waals surface area contributed by atoms with E-state index < -0.39 is 0 Å². The van der Waals surface area contributed by atoms with Crippen LogP contribution in [0, 0.1) is 6.92 Å². The zero-order chi connectivity index (χ0) is 22.2. The van der Waals surface area contributed by atoms with Gasteiger partial charge in [0.05, 0.1) is 29.1 Å². The Kier molecular flexibility index (Phi) is 7.67. The Morgan fingerprint density at radius 1 is 1.23 bits per heavy atom. The lowest BCUT2D eigenvalue weighted by atomic mass is 10.2. The maximum atomic E-state index is 12.2. The molecule has 3 aromatic rings. The minimum absolute atomic E-state index is 0.116. The number of imidazole rings is 1. The molecule has 2 aromatic carbocycles. The SMILES string of the molecule is CN=C(NCCC(=O)Nc1ccc(C)cc1Cl)N(C)Cc1ncc(-c2ccccc2)[nH]1. The summed E-state index contributed by atoms with van der Waals surface area (Å²) in [6, 6.07) is 15.6. The van der Waals surface area contributed by atoms with Gasteiger partial charge in [0.1, 0.15) is 5.82 Å². The van der Waals surface area contributed by atoms with E-state index in [-0.39, 0.29) is 12.3 Å². The third kappa shape index (κ3) is 6.33. The molecule has 7 nitrogen and oxygen atoms in total. The maximum Gasteiger partial charge on any atom is 0.226 e. The zero-order valence-corrected chi connectivity index (χ0v) is 18.7. The number of H-pyrrole nitrogens is 1. The molecule has 1 heterocycles. The van der Waals surface area contributed by atoms with Crippen LogP contribution in [0.1, 0.15) is 17.8 Å². The predicted molar refractivity (Wildman–Crippen MR) is 126 cm³/mol. The highest BCUT2D eigenvalue weighted by molar-refractivity contribution is 6.33. The first-order chi connectivity index (χ1) is 15.0. The van der Waals surface area contributed by atoms with Crippen LogP contribution in [0.4, 0.5) is 5.69 Å². The lowest BCUT2D eigenvalue weighted by Gasteiger charge is -2.21. The van der Waals surface area contributed by atoms with Gasteiger partial charge in [-0.05, 0) is 30.2 Å². The molecule has 0 saturated carbocycles. The van der Waals surface area contributed by atoms with Crippen LogP contribution in [-0.2, 0) is 11.3 Å². The van der Waals surface area contributed by atoms with E-state index in [2.05, 4.69) is 25.6 Å². The van der Waals surface area contributed by atoms with Crippen molar-refractivity contribution in [1.29, 1.82) is 0 Å². The number of aromatic amines is 1. The predicted octanol–water partition coefficient (Wildman–Crippen LogP) is 4.07. The molecule has 3 rings (SSSR count). The first kappa shape index (κ1) is 22.4. The number of guanidine groups is 1. The van der Waals surface area contributed by atoms with Crippen molar-refractivity contribution in [2.45, 2.75) is 19.9 Å². The van der Waals surface area contributed by atoms with Gasteiger partial charge in [0.25, 0.3) is 0 Å². The summed E-state index contributed by atoms with van der Waals surface area (Å²) in [6.45, 7) is 2.95. The highest BCUT2D eigenvalue weighted by atomic mass is 35.5. The van der Waals surface area contributed by atoms with E-state index in [0.29, 0.717) is 29.8 Å². The molecule has 162 valence electrons. The van der Waals surface area contributed by atoms with Gasteiger partial charge in [0.2, 0.25) is 5.91 Å². The summed E-state index contributed by atoms with van der Waals surface area (Å²) in [5.74, 6) is 1.39. The number of aromatic nitrogens is 2. The van der Waals surface area contributed by atoms with Crippen LogP contribution < -0.4 is 10.6 Å². The molecule has 0 fully saturated rings. The summed E-state index contributed by atoms with van der Waals surface area (Å²) in [6.07, 6.45) is 2.12. The number of hydrogen-bond donors (Lipinski definition) is 3. The topological polar surface area (TPSA) is 85.4 Å². The van der Waals surface area contributed by atoms with Gasteiger partial charge in [-0.3, -0.25) is 9.79 Å². The second-order valence-electron chi connectivity index (χ2n) is 7.22. The number of hydrogen-bond acceptors (Lipinski definition) is 3. The lowest BCUT2D eigenvalue weighted by Crippen LogP contribution is -2.39. The number of rotatable bonds is 7. The minimum Gasteiger partial charge on any atom is -0.356 e. The molecule has 0 aliphatic carbocycles. The normalized spacial score (nSPS) is 11.3. The van der Waals surface area contributed by atoms with E-state index in [1.807, 2.05) is 73.6 Å². The van der Waals surface area contributed by atoms with Gasteiger partial charge in [-0.15, -0.1) is 0 Å². The Hall–Kier alpha value is -3.32. The molecule has 31 heavy (non-hydrogen) atoms. The molecule has 3 N–H and O–H groups in total. The Morgan fingerprint density at radius 2 is 2.00 bits per heavy atom. The summed E-state index contributed by atoms with van der Waals surface area (Å²) in [7, 11) is 3.63. The van der Waals surface area contributed by atoms with Crippen LogP contribution in [0.25, 0.3) is 11.3 Å². The van der Waals surface area contributed by atoms with Gasteiger partial charge in [0.15, 0.2) is 5.96 Å². The van der Waals surface area contributed by atoms with Gasteiger partial charge >= 0.3 is 0 Å². The van der Waals surface area contributed by atoms with Crippen molar-refractivity contribution in [2.75, 3.05) is 26.0 Å². The fourth-order valence-corrected chi connectivity index (χ4v) is 3.40. The number of amides is 1. The van der Waals surface area contributed by atoms with Crippen LogP contribution in [0.3, 0.4) is 0 Å². The molecule has 8 heteroatoms. The van der Waals surface area contributed by atoms with E-state index in [4.69, 9.17) is 11.6 Å². The standard InChI is InChI=1S/C23H27ClN6O/c1-16-9-10-19(18(24)13-16)29-22(31)11-12-26-23(25-2)30(3)15-21-27-14-20(28-21)17-7-5-4-6-8-17/h4-10,13-14H,11-12,15H2,1-3H3,(H,25,26)(H,27,28)(H,29,31). The summed E-state index contributed by atoms with van der Waals surface area (Å²) in [5, 5.41) is 6.58. The molecule has 0 bridgehead atoms. The first-order valence-corrected chi connectivity index (χ1v) is 10.4. The number of carbonyl (C=O) groups excluding carboxylic acids is 1. The van der Waals surface area contributed by atoms with Crippen LogP contribution in [-0.4, -0.2) is 47.4 Å². The Balaban J connectivity index is 1.48. The average Bonchev–Trinajstić information content (AvgIpc) is 3.22. The van der Waals surface area contributed by atoms with Crippen LogP contribution >= 0.6 is 11.6 Å². The van der Waals surface area contributed by atoms with Crippen molar-refractivity contribution in [3.05, 3.63) is 71.1 Å². The third-order valence-electron chi connectivity index (χ3n) is 4.71. The van der Waals surface area contributed by atoms with E-state index in [9.17, 15) is 4.79 Å². The fourth-order valence-electron chi connectivity index (χ4n) is 3.11. The maximum absolute atomic E-state index is 12.2. The molecule has 1 amide bonds. The minimum atomic E-state index is -0.116. The number of benzene rings is 2. The van der Waals surface area contributed by atoms with Gasteiger partial charge in [-0.1, -0.05) is 48.0 Å². The number of nitrogens with zero attached hydrogens (tertiary/aromatic N) is 3. The van der Waals surface area contributed by atoms with Crippen molar-refractivity contribution >= 4 is 29.2 Å². The van der Waals surface area contributed by atoms with E-state index in [0.717, 1.165) is 22.6 Å². The lowest BCUT2D eigenvalue weighted by molar-refractivity contribution is -0.116. The number of aryl methyl sites for hydroxylation is 1. The highest BCUT2D eigenvalue weighted by Crippen LogP contribution is 2.22. The molecule has 0 saturated heterocycles. The van der Waals surface area contributed by atoms with E-state index >= 15 is 0 Å². The Bertz CT molecular complexity index is 1050. The fraction of sp³-hybridized carbons (Fsp3) is 0.261. The molecule has 0 unspecified atom stereocenters. The number of aliphatic imine (C=N–C) groups is 1. The Labute approximate surface area is 187 Å². The molecule has 0 atom stereocenters.